The lowest BCUT2D eigenvalue weighted by molar-refractivity contribution is -0.0427. The van der Waals surface area contributed by atoms with Crippen LogP contribution in [0.3, 0.4) is 0 Å². The van der Waals surface area contributed by atoms with E-state index in [0.29, 0.717) is 19.8 Å². The molecule has 0 saturated heterocycles. The molecule has 0 aliphatic heterocycles. The van der Waals surface area contributed by atoms with Crippen LogP contribution in [0.2, 0.25) is 18.1 Å². The first-order chi connectivity index (χ1) is 12.0. The number of benzene rings is 1. The first-order valence-corrected chi connectivity index (χ1v) is 12.7. The summed E-state index contributed by atoms with van der Waals surface area (Å²) in [5.74, 6) is 1.46. The first kappa shape index (κ1) is 21.3. The minimum atomic E-state index is -1.84. The van der Waals surface area contributed by atoms with E-state index in [-0.39, 0.29) is 5.04 Å². The summed E-state index contributed by atoms with van der Waals surface area (Å²) in [7, 11) is -1.84. The summed E-state index contributed by atoms with van der Waals surface area (Å²) in [4.78, 5) is 0. The van der Waals surface area contributed by atoms with E-state index in [1.165, 1.54) is 0 Å². The van der Waals surface area contributed by atoms with Crippen LogP contribution in [-0.4, -0.2) is 26.6 Å². The van der Waals surface area contributed by atoms with E-state index in [4.69, 9.17) is 13.9 Å². The van der Waals surface area contributed by atoms with Gasteiger partial charge in [-0.2, -0.15) is 0 Å². The molecule has 0 atom stereocenters. The fourth-order valence-electron chi connectivity index (χ4n) is 2.97. The average Bonchev–Trinajstić information content (AvgIpc) is 2.50. The molecule has 148 valence electrons. The van der Waals surface area contributed by atoms with Gasteiger partial charge in [0.15, 0.2) is 8.32 Å². The molecule has 1 aromatic rings. The molecule has 1 aromatic carbocycles. The molecule has 1 aliphatic rings. The van der Waals surface area contributed by atoms with Gasteiger partial charge in [0, 0.05) is 0 Å². The Morgan fingerprint density at radius 3 is 1.88 bits per heavy atom. The maximum Gasteiger partial charge on any atom is 0.192 e. The summed E-state index contributed by atoms with van der Waals surface area (Å²) in [6.07, 6.45) is 2.55. The predicted molar refractivity (Wildman–Crippen MR) is 109 cm³/mol. The van der Waals surface area contributed by atoms with Crippen molar-refractivity contribution in [1.29, 1.82) is 0 Å². The summed E-state index contributed by atoms with van der Waals surface area (Å²) < 4.78 is 18.2. The highest BCUT2D eigenvalue weighted by Gasteiger charge is 2.42. The van der Waals surface area contributed by atoms with E-state index in [1.54, 1.807) is 0 Å². The highest BCUT2D eigenvalue weighted by atomic mass is 28.4. The zero-order valence-electron chi connectivity index (χ0n) is 17.6. The molecule has 0 unspecified atom stereocenters. The molecule has 26 heavy (non-hydrogen) atoms. The molecule has 0 radical (unpaired) electrons. The van der Waals surface area contributed by atoms with Crippen molar-refractivity contribution < 1.29 is 19.0 Å². The van der Waals surface area contributed by atoms with Crippen molar-refractivity contribution in [2.75, 3.05) is 13.2 Å². The summed E-state index contributed by atoms with van der Waals surface area (Å²) >= 11 is 0. The minimum Gasteiger partial charge on any atom is -0.493 e. The lowest BCUT2D eigenvalue weighted by Crippen LogP contribution is -2.40. The van der Waals surface area contributed by atoms with Gasteiger partial charge >= 0.3 is 0 Å². The molecular formula is C21H36O4Si. The second-order valence-corrected chi connectivity index (χ2v) is 13.6. The van der Waals surface area contributed by atoms with Gasteiger partial charge in [-0.15, -0.1) is 0 Å². The zero-order valence-corrected chi connectivity index (χ0v) is 18.6. The Kier molecular flexibility index (Phi) is 6.47. The van der Waals surface area contributed by atoms with Crippen LogP contribution in [0.15, 0.2) is 12.1 Å². The Bertz CT molecular complexity index is 588. The molecule has 2 rings (SSSR count). The summed E-state index contributed by atoms with van der Waals surface area (Å²) in [5.41, 5.74) is 1.02. The Morgan fingerprint density at radius 2 is 1.54 bits per heavy atom. The summed E-state index contributed by atoms with van der Waals surface area (Å²) in [5, 5.41) is 11.1. The molecular weight excluding hydrogens is 344 g/mol. The van der Waals surface area contributed by atoms with Crippen LogP contribution < -0.4 is 9.47 Å². The van der Waals surface area contributed by atoms with Gasteiger partial charge in [-0.1, -0.05) is 20.8 Å². The third-order valence-electron chi connectivity index (χ3n) is 5.78. The van der Waals surface area contributed by atoms with Gasteiger partial charge in [0.05, 0.1) is 31.0 Å². The zero-order chi connectivity index (χ0) is 19.6. The fourth-order valence-corrected chi connectivity index (χ4v) is 3.93. The van der Waals surface area contributed by atoms with Gasteiger partial charge in [0.1, 0.15) is 11.5 Å². The van der Waals surface area contributed by atoms with Crippen molar-refractivity contribution in [3.05, 3.63) is 23.3 Å². The second-order valence-electron chi connectivity index (χ2n) is 8.77. The van der Waals surface area contributed by atoms with Crippen LogP contribution in [-0.2, 0) is 16.6 Å². The van der Waals surface area contributed by atoms with Crippen molar-refractivity contribution >= 4 is 8.32 Å². The Balaban J connectivity index is 2.36. The van der Waals surface area contributed by atoms with Crippen molar-refractivity contribution in [1.82, 2.24) is 0 Å². The smallest absolute Gasteiger partial charge is 0.192 e. The third kappa shape index (κ3) is 4.43. The van der Waals surface area contributed by atoms with E-state index in [1.807, 2.05) is 26.0 Å². The minimum absolute atomic E-state index is 0.166. The Labute approximate surface area is 160 Å². The van der Waals surface area contributed by atoms with Crippen molar-refractivity contribution in [2.24, 2.45) is 0 Å². The number of ether oxygens (including phenoxy) is 2. The van der Waals surface area contributed by atoms with Crippen LogP contribution in [0.25, 0.3) is 0 Å². The highest BCUT2D eigenvalue weighted by molar-refractivity contribution is 6.74. The first-order valence-electron chi connectivity index (χ1n) is 9.83. The molecule has 4 nitrogen and oxygen atoms in total. The van der Waals surface area contributed by atoms with Crippen LogP contribution >= 0.6 is 0 Å². The van der Waals surface area contributed by atoms with Gasteiger partial charge in [0.2, 0.25) is 0 Å². The molecule has 5 heteroatoms. The monoisotopic (exact) mass is 380 g/mol. The molecule has 0 amide bonds. The van der Waals surface area contributed by atoms with Gasteiger partial charge < -0.3 is 19.0 Å². The van der Waals surface area contributed by atoms with E-state index < -0.39 is 13.9 Å². The van der Waals surface area contributed by atoms with Crippen LogP contribution in [0, 0.1) is 0 Å². The normalized spacial score (nSPS) is 16.9. The fraction of sp³-hybridized carbons (Fsp3) is 0.714. The van der Waals surface area contributed by atoms with Gasteiger partial charge in [0.25, 0.3) is 0 Å². The van der Waals surface area contributed by atoms with E-state index in [2.05, 4.69) is 33.9 Å². The van der Waals surface area contributed by atoms with Gasteiger partial charge in [-0.25, -0.2) is 0 Å². The summed E-state index contributed by atoms with van der Waals surface area (Å²) in [6, 6.07) is 4.04. The van der Waals surface area contributed by atoms with Gasteiger partial charge in [-0.05, 0) is 68.9 Å². The van der Waals surface area contributed by atoms with E-state index in [9.17, 15) is 5.11 Å². The highest BCUT2D eigenvalue weighted by Crippen LogP contribution is 2.49. The lowest BCUT2D eigenvalue weighted by Gasteiger charge is -2.39. The van der Waals surface area contributed by atoms with Crippen molar-refractivity contribution in [2.45, 2.75) is 84.2 Å². The van der Waals surface area contributed by atoms with E-state index >= 15 is 0 Å². The molecule has 0 spiro atoms. The topological polar surface area (TPSA) is 47.9 Å². The second kappa shape index (κ2) is 7.91. The maximum atomic E-state index is 11.0. The molecule has 1 saturated carbocycles. The van der Waals surface area contributed by atoms with Crippen LogP contribution in [0.4, 0.5) is 0 Å². The van der Waals surface area contributed by atoms with Gasteiger partial charge in [-0.3, -0.25) is 0 Å². The SMILES string of the molecule is CCOc1cc(CO[Si](C)(C)C(C)(C)C)cc(OCC)c1C1(O)CCC1. The van der Waals surface area contributed by atoms with Crippen LogP contribution in [0.1, 0.15) is 65.0 Å². The molecule has 0 bridgehead atoms. The average molecular weight is 381 g/mol. The number of rotatable bonds is 8. The molecule has 1 fully saturated rings. The Hall–Kier alpha value is -1.04. The number of aliphatic hydroxyl groups is 1. The summed E-state index contributed by atoms with van der Waals surface area (Å²) in [6.45, 7) is 16.8. The maximum absolute atomic E-state index is 11.0. The Morgan fingerprint density at radius 1 is 1.04 bits per heavy atom. The predicted octanol–water partition coefficient (Wildman–Crippen LogP) is 5.38. The van der Waals surface area contributed by atoms with Crippen molar-refractivity contribution in [3.63, 3.8) is 0 Å². The standard InChI is InChI=1S/C21H36O4Si/c1-8-23-17-13-16(15-25-26(6,7)20(3,4)5)14-18(24-9-2)19(17)21(22)11-10-12-21/h13-14,22H,8-12,15H2,1-7H3. The van der Waals surface area contributed by atoms with Crippen LogP contribution in [0.5, 0.6) is 11.5 Å². The largest absolute Gasteiger partial charge is 0.493 e. The quantitative estimate of drug-likeness (QED) is 0.615. The molecule has 0 heterocycles. The van der Waals surface area contributed by atoms with Crippen molar-refractivity contribution in [3.8, 4) is 11.5 Å². The number of hydrogen-bond donors (Lipinski definition) is 1. The van der Waals surface area contributed by atoms with E-state index in [0.717, 1.165) is 41.9 Å². The lowest BCUT2D eigenvalue weighted by atomic mass is 9.74. The molecule has 1 N–H and O–H groups in total. The molecule has 1 aliphatic carbocycles. The third-order valence-corrected chi connectivity index (χ3v) is 10.3. The molecule has 0 aromatic heterocycles. The number of hydrogen-bond acceptors (Lipinski definition) is 4.